The summed E-state index contributed by atoms with van der Waals surface area (Å²) in [7, 11) is 0. The Balaban J connectivity index is 2.68. The molecule has 7 heavy (non-hydrogen) atoms. The Hall–Kier alpha value is -0.120. The second kappa shape index (κ2) is 4.05. The summed E-state index contributed by atoms with van der Waals surface area (Å²) in [4.78, 5) is 0. The van der Waals surface area contributed by atoms with Crippen LogP contribution in [0.3, 0.4) is 0 Å². The lowest BCUT2D eigenvalue weighted by Gasteiger charge is -2.02. The van der Waals surface area contributed by atoms with Gasteiger partial charge >= 0.3 is 0 Å². The lowest BCUT2D eigenvalue weighted by atomic mass is 10.7. The topological polar surface area (TPSA) is 55.5 Å². The van der Waals surface area contributed by atoms with Gasteiger partial charge in [0.2, 0.25) is 0 Å². The third-order valence-electron chi connectivity index (χ3n) is 0.423. The predicted octanol–water partition coefficient (Wildman–Crippen LogP) is -0.886. The highest BCUT2D eigenvalue weighted by atomic mass is 16.5. The van der Waals surface area contributed by atoms with Gasteiger partial charge in [-0.05, 0) is 6.92 Å². The molecular weight excluding hydrogens is 94.0 g/mol. The summed E-state index contributed by atoms with van der Waals surface area (Å²) in [6.07, 6.45) is -0.507. The van der Waals surface area contributed by atoms with Crippen molar-refractivity contribution in [3.05, 3.63) is 6.92 Å². The Morgan fingerprint density at radius 3 is 2.57 bits per heavy atom. The molecule has 0 bridgehead atoms. The fraction of sp³-hybridized carbons (Fsp3) is 0.750. The minimum atomic E-state index is -0.507. The number of hydrogen-bond donors (Lipinski definition) is 2. The maximum absolute atomic E-state index is 8.11. The molecule has 0 aliphatic carbocycles. The summed E-state index contributed by atoms with van der Waals surface area (Å²) >= 11 is 0. The monoisotopic (exact) mass is 104 g/mol. The smallest absolute Gasteiger partial charge is 0.105 e. The van der Waals surface area contributed by atoms with Gasteiger partial charge in [0.25, 0.3) is 0 Å². The van der Waals surface area contributed by atoms with Gasteiger partial charge in [-0.25, -0.2) is 0 Å². The van der Waals surface area contributed by atoms with Crippen molar-refractivity contribution in [1.29, 1.82) is 0 Å². The number of aliphatic hydroxyl groups excluding tert-OH is 1. The van der Waals surface area contributed by atoms with E-state index in [9.17, 15) is 0 Å². The third-order valence-corrected chi connectivity index (χ3v) is 0.423. The summed E-state index contributed by atoms with van der Waals surface area (Å²) in [6, 6.07) is 0. The molecule has 0 saturated heterocycles. The van der Waals surface area contributed by atoms with E-state index in [1.807, 2.05) is 0 Å². The molecule has 0 saturated carbocycles. The molecule has 0 aromatic rings. The molecule has 0 aliphatic heterocycles. The fourth-order valence-electron chi connectivity index (χ4n) is 0.204. The average Bonchev–Trinajstić information content (AvgIpc) is 1.61. The van der Waals surface area contributed by atoms with Crippen LogP contribution in [0.15, 0.2) is 0 Å². The van der Waals surface area contributed by atoms with E-state index in [2.05, 4.69) is 11.7 Å². The van der Waals surface area contributed by atoms with Crippen molar-refractivity contribution in [2.75, 3.05) is 13.2 Å². The second-order valence-corrected chi connectivity index (χ2v) is 1.13. The van der Waals surface area contributed by atoms with Gasteiger partial charge in [0.1, 0.15) is 6.23 Å². The van der Waals surface area contributed by atoms with Crippen molar-refractivity contribution in [3.63, 3.8) is 0 Å². The van der Waals surface area contributed by atoms with Crippen LogP contribution in [0, 0.1) is 6.92 Å². The molecule has 43 valence electrons. The standard InChI is InChI=1S/C4H10NO2/c1-4(5)7-3-2-6/h4,6H,1-3,5H2. The second-order valence-electron chi connectivity index (χ2n) is 1.13. The molecule has 3 N–H and O–H groups in total. The van der Waals surface area contributed by atoms with Gasteiger partial charge in [-0.15, -0.1) is 0 Å². The van der Waals surface area contributed by atoms with Crippen LogP contribution >= 0.6 is 0 Å². The van der Waals surface area contributed by atoms with Crippen molar-refractivity contribution in [3.8, 4) is 0 Å². The first-order chi connectivity index (χ1) is 3.27. The first-order valence-electron chi connectivity index (χ1n) is 2.08. The molecule has 0 aromatic carbocycles. The molecule has 0 fully saturated rings. The number of aliphatic hydroxyl groups is 1. The van der Waals surface area contributed by atoms with E-state index >= 15 is 0 Å². The first kappa shape index (κ1) is 6.88. The van der Waals surface area contributed by atoms with E-state index in [0.717, 1.165) is 0 Å². The molecule has 0 amide bonds. The zero-order valence-corrected chi connectivity index (χ0v) is 4.13. The van der Waals surface area contributed by atoms with Crippen molar-refractivity contribution >= 4 is 0 Å². The number of hydrogen-bond acceptors (Lipinski definition) is 3. The maximum atomic E-state index is 8.11. The maximum Gasteiger partial charge on any atom is 0.105 e. The molecule has 0 rings (SSSR count). The van der Waals surface area contributed by atoms with Gasteiger partial charge in [-0.1, -0.05) is 0 Å². The highest BCUT2D eigenvalue weighted by Crippen LogP contribution is 1.75. The largest absolute Gasteiger partial charge is 0.394 e. The number of rotatable bonds is 3. The Morgan fingerprint density at radius 1 is 1.86 bits per heavy atom. The quantitative estimate of drug-likeness (QED) is 0.457. The van der Waals surface area contributed by atoms with Crippen LogP contribution in [0.1, 0.15) is 0 Å². The molecule has 3 heteroatoms. The van der Waals surface area contributed by atoms with Gasteiger partial charge in [-0.2, -0.15) is 0 Å². The third kappa shape index (κ3) is 5.88. The predicted molar refractivity (Wildman–Crippen MR) is 26.4 cm³/mol. The lowest BCUT2D eigenvalue weighted by molar-refractivity contribution is 0.0566. The van der Waals surface area contributed by atoms with Crippen molar-refractivity contribution < 1.29 is 9.84 Å². The molecule has 0 aliphatic rings. The van der Waals surface area contributed by atoms with E-state index in [1.165, 1.54) is 0 Å². The van der Waals surface area contributed by atoms with E-state index < -0.39 is 6.23 Å². The normalized spacial score (nSPS) is 14.1. The SMILES string of the molecule is [CH2]C(N)OCCO. The number of ether oxygens (including phenoxy) is 1. The highest BCUT2D eigenvalue weighted by Gasteiger charge is 1.87. The summed E-state index contributed by atoms with van der Waals surface area (Å²) in [6.45, 7) is 3.59. The minimum absolute atomic E-state index is 0.00319. The Kier molecular flexibility index (Phi) is 3.98. The fourth-order valence-corrected chi connectivity index (χ4v) is 0.204. The van der Waals surface area contributed by atoms with E-state index in [0.29, 0.717) is 0 Å². The molecule has 1 atom stereocenters. The van der Waals surface area contributed by atoms with E-state index in [-0.39, 0.29) is 13.2 Å². The molecule has 3 nitrogen and oxygen atoms in total. The van der Waals surface area contributed by atoms with Crippen LogP contribution in [0.4, 0.5) is 0 Å². The van der Waals surface area contributed by atoms with E-state index in [4.69, 9.17) is 10.8 Å². The number of nitrogens with two attached hydrogens (primary N) is 1. The summed E-state index contributed by atoms with van der Waals surface area (Å²) in [5, 5.41) is 8.11. The van der Waals surface area contributed by atoms with Crippen LogP contribution in [0.25, 0.3) is 0 Å². The highest BCUT2D eigenvalue weighted by molar-refractivity contribution is 4.45. The minimum Gasteiger partial charge on any atom is -0.394 e. The van der Waals surface area contributed by atoms with Crippen LogP contribution in [0.5, 0.6) is 0 Å². The van der Waals surface area contributed by atoms with Gasteiger partial charge in [0.15, 0.2) is 0 Å². The van der Waals surface area contributed by atoms with Crippen LogP contribution in [-0.2, 0) is 4.74 Å². The Labute approximate surface area is 43.1 Å². The van der Waals surface area contributed by atoms with Crippen molar-refractivity contribution in [1.82, 2.24) is 0 Å². The van der Waals surface area contributed by atoms with Crippen LogP contribution < -0.4 is 5.73 Å². The summed E-state index contributed by atoms with van der Waals surface area (Å²) in [5.74, 6) is 0. The van der Waals surface area contributed by atoms with Crippen LogP contribution in [0.2, 0.25) is 0 Å². The van der Waals surface area contributed by atoms with Gasteiger partial charge < -0.3 is 15.6 Å². The Morgan fingerprint density at radius 2 is 2.43 bits per heavy atom. The molecule has 0 spiro atoms. The zero-order chi connectivity index (χ0) is 5.70. The molecule has 0 aromatic heterocycles. The Bertz CT molecular complexity index is 38.7. The van der Waals surface area contributed by atoms with Gasteiger partial charge in [-0.3, -0.25) is 0 Å². The summed E-state index contributed by atoms with van der Waals surface area (Å²) < 4.78 is 4.61. The van der Waals surface area contributed by atoms with Gasteiger partial charge in [0, 0.05) is 0 Å². The first-order valence-corrected chi connectivity index (χ1v) is 2.08. The van der Waals surface area contributed by atoms with E-state index in [1.54, 1.807) is 0 Å². The summed E-state index contributed by atoms with van der Waals surface area (Å²) in [5.41, 5.74) is 5.03. The zero-order valence-electron chi connectivity index (χ0n) is 4.13. The van der Waals surface area contributed by atoms with Crippen molar-refractivity contribution in [2.45, 2.75) is 6.23 Å². The van der Waals surface area contributed by atoms with Crippen molar-refractivity contribution in [2.24, 2.45) is 5.73 Å². The lowest BCUT2D eigenvalue weighted by Crippen LogP contribution is -2.21. The van der Waals surface area contributed by atoms with Crippen LogP contribution in [-0.4, -0.2) is 24.5 Å². The molecule has 1 radical (unpaired) electrons. The average molecular weight is 104 g/mol. The van der Waals surface area contributed by atoms with Gasteiger partial charge in [0.05, 0.1) is 13.2 Å². The molecule has 1 unspecified atom stereocenters. The molecular formula is C4H10NO2. The molecule has 0 heterocycles.